The number of likely N-dealkylation sites (N-methyl/N-ethyl adjacent to an activating group) is 1. The molecule has 2 aromatic carbocycles. The Balaban J connectivity index is 1.44. The Morgan fingerprint density at radius 2 is 1.74 bits per heavy atom. The van der Waals surface area contributed by atoms with Crippen molar-refractivity contribution >= 4 is 18.0 Å². The van der Waals surface area contributed by atoms with E-state index in [9.17, 15) is 19.5 Å². The van der Waals surface area contributed by atoms with E-state index in [1.54, 1.807) is 19.0 Å². The second kappa shape index (κ2) is 9.82. The highest BCUT2D eigenvalue weighted by Crippen LogP contribution is 2.44. The first kappa shape index (κ1) is 23.7. The van der Waals surface area contributed by atoms with Gasteiger partial charge in [0.1, 0.15) is 18.2 Å². The zero-order valence-corrected chi connectivity index (χ0v) is 19.2. The fourth-order valence-electron chi connectivity index (χ4n) is 4.58. The molecule has 9 heteroatoms. The van der Waals surface area contributed by atoms with Crippen molar-refractivity contribution in [3.8, 4) is 11.1 Å². The fourth-order valence-corrected chi connectivity index (χ4v) is 4.58. The Bertz CT molecular complexity index is 1030. The van der Waals surface area contributed by atoms with Gasteiger partial charge >= 0.3 is 12.1 Å². The summed E-state index contributed by atoms with van der Waals surface area (Å²) in [7, 11) is 3.43. The normalized spacial score (nSPS) is 19.9. The van der Waals surface area contributed by atoms with Gasteiger partial charge in [0.15, 0.2) is 0 Å². The lowest BCUT2D eigenvalue weighted by Gasteiger charge is -2.29. The second-order valence-corrected chi connectivity index (χ2v) is 8.96. The summed E-state index contributed by atoms with van der Waals surface area (Å²) in [5.74, 6) is -1.87. The van der Waals surface area contributed by atoms with Crippen molar-refractivity contribution in [1.82, 2.24) is 15.5 Å². The van der Waals surface area contributed by atoms with Crippen molar-refractivity contribution in [3.63, 3.8) is 0 Å². The third-order valence-electron chi connectivity index (χ3n) is 6.29. The number of carboxylic acid groups (broad SMARTS) is 1. The van der Waals surface area contributed by atoms with Crippen LogP contribution in [0, 0.1) is 0 Å². The number of carbonyl (C=O) groups excluding carboxylic acids is 2. The molecular formula is C25H29N3O6. The lowest BCUT2D eigenvalue weighted by molar-refractivity contribution is -0.143. The summed E-state index contributed by atoms with van der Waals surface area (Å²) in [4.78, 5) is 39.1. The van der Waals surface area contributed by atoms with Gasteiger partial charge in [-0.2, -0.15) is 0 Å². The van der Waals surface area contributed by atoms with Crippen molar-refractivity contribution in [2.24, 2.45) is 0 Å². The van der Waals surface area contributed by atoms with E-state index >= 15 is 0 Å². The Morgan fingerprint density at radius 1 is 1.12 bits per heavy atom. The molecule has 2 unspecified atom stereocenters. The van der Waals surface area contributed by atoms with E-state index in [1.165, 1.54) is 0 Å². The van der Waals surface area contributed by atoms with Crippen LogP contribution in [0.1, 0.15) is 23.5 Å². The van der Waals surface area contributed by atoms with Crippen molar-refractivity contribution < 1.29 is 29.0 Å². The van der Waals surface area contributed by atoms with Gasteiger partial charge in [0.25, 0.3) is 0 Å². The van der Waals surface area contributed by atoms with Crippen LogP contribution in [0.3, 0.4) is 0 Å². The Morgan fingerprint density at radius 3 is 2.26 bits per heavy atom. The summed E-state index contributed by atoms with van der Waals surface area (Å²) in [6, 6.07) is 14.9. The quantitative estimate of drug-likeness (QED) is 0.542. The predicted molar refractivity (Wildman–Crippen MR) is 124 cm³/mol. The summed E-state index contributed by atoms with van der Waals surface area (Å²) >= 11 is 0. The Hall–Kier alpha value is -3.43. The molecule has 2 atom stereocenters. The predicted octanol–water partition coefficient (Wildman–Crippen LogP) is 1.82. The van der Waals surface area contributed by atoms with E-state index in [2.05, 4.69) is 22.8 Å². The molecule has 0 aromatic heterocycles. The molecule has 2 aromatic rings. The smallest absolute Gasteiger partial charge is 0.408 e. The Kier molecular flexibility index (Phi) is 6.85. The zero-order chi connectivity index (χ0) is 24.3. The molecule has 0 bridgehead atoms. The summed E-state index contributed by atoms with van der Waals surface area (Å²) < 4.78 is 11.0. The molecule has 1 fully saturated rings. The maximum absolute atomic E-state index is 13.0. The highest BCUT2D eigenvalue weighted by molar-refractivity contribution is 5.93. The van der Waals surface area contributed by atoms with Crippen molar-refractivity contribution in [3.05, 3.63) is 59.7 Å². The van der Waals surface area contributed by atoms with E-state index in [0.29, 0.717) is 0 Å². The number of hydrogen-bond acceptors (Lipinski definition) is 6. The van der Waals surface area contributed by atoms with Gasteiger partial charge in [0.2, 0.25) is 5.91 Å². The van der Waals surface area contributed by atoms with Gasteiger partial charge in [0.05, 0.1) is 6.61 Å². The molecule has 3 N–H and O–H groups in total. The SMILES string of the molecule is CN(C)CC(NC(=O)C1(NC(=O)OCC2c3ccccc3-c3ccccc32)CCOC1)C(=O)O. The summed E-state index contributed by atoms with van der Waals surface area (Å²) in [5, 5.41) is 14.6. The number of rotatable bonds is 8. The monoisotopic (exact) mass is 467 g/mol. The minimum absolute atomic E-state index is 0.0582. The molecule has 0 spiro atoms. The van der Waals surface area contributed by atoms with Gasteiger partial charge in [-0.1, -0.05) is 48.5 Å². The van der Waals surface area contributed by atoms with Crippen LogP contribution in [0.4, 0.5) is 4.79 Å². The maximum Gasteiger partial charge on any atom is 0.408 e. The number of aliphatic carboxylic acids is 1. The maximum atomic E-state index is 13.0. The molecule has 9 nitrogen and oxygen atoms in total. The largest absolute Gasteiger partial charge is 0.480 e. The van der Waals surface area contributed by atoms with Gasteiger partial charge < -0.3 is 30.1 Å². The number of alkyl carbamates (subject to hydrolysis) is 1. The molecular weight excluding hydrogens is 438 g/mol. The minimum atomic E-state index is -1.39. The number of carbonyl (C=O) groups is 3. The number of hydrogen-bond donors (Lipinski definition) is 3. The molecule has 1 aliphatic heterocycles. The van der Waals surface area contributed by atoms with Crippen molar-refractivity contribution in [2.75, 3.05) is 40.5 Å². The second-order valence-electron chi connectivity index (χ2n) is 8.96. The number of carboxylic acids is 1. The summed E-state index contributed by atoms with van der Waals surface area (Å²) in [6.45, 7) is 0.430. The zero-order valence-electron chi connectivity index (χ0n) is 19.2. The lowest BCUT2D eigenvalue weighted by atomic mass is 9.97. The molecule has 1 heterocycles. The van der Waals surface area contributed by atoms with Crippen LogP contribution < -0.4 is 10.6 Å². The van der Waals surface area contributed by atoms with E-state index in [1.807, 2.05) is 36.4 Å². The van der Waals surface area contributed by atoms with Crippen LogP contribution in [-0.2, 0) is 19.1 Å². The van der Waals surface area contributed by atoms with Crippen LogP contribution in [-0.4, -0.2) is 80.0 Å². The third-order valence-corrected chi connectivity index (χ3v) is 6.29. The number of benzene rings is 2. The number of amides is 2. The van der Waals surface area contributed by atoms with Gasteiger partial charge in [-0.3, -0.25) is 4.79 Å². The molecule has 4 rings (SSSR count). The van der Waals surface area contributed by atoms with E-state index in [0.717, 1.165) is 22.3 Å². The molecule has 180 valence electrons. The molecule has 34 heavy (non-hydrogen) atoms. The van der Waals surface area contributed by atoms with Gasteiger partial charge in [-0.25, -0.2) is 9.59 Å². The molecule has 2 amide bonds. The van der Waals surface area contributed by atoms with Crippen LogP contribution in [0.5, 0.6) is 0 Å². The van der Waals surface area contributed by atoms with Gasteiger partial charge in [-0.15, -0.1) is 0 Å². The minimum Gasteiger partial charge on any atom is -0.480 e. The average molecular weight is 468 g/mol. The van der Waals surface area contributed by atoms with E-state index in [-0.39, 0.29) is 38.7 Å². The third kappa shape index (κ3) is 4.76. The van der Waals surface area contributed by atoms with Crippen molar-refractivity contribution in [1.29, 1.82) is 0 Å². The van der Waals surface area contributed by atoms with Crippen LogP contribution in [0.25, 0.3) is 11.1 Å². The van der Waals surface area contributed by atoms with Crippen LogP contribution >= 0.6 is 0 Å². The van der Waals surface area contributed by atoms with Gasteiger partial charge in [0, 0.05) is 25.5 Å². The van der Waals surface area contributed by atoms with Crippen LogP contribution in [0.15, 0.2) is 48.5 Å². The topological polar surface area (TPSA) is 117 Å². The Labute approximate surface area is 198 Å². The lowest BCUT2D eigenvalue weighted by Crippen LogP contribution is -2.62. The standard InChI is InChI=1S/C25H29N3O6/c1-28(2)13-21(22(29)30)26-23(31)25(11-12-33-15-25)27-24(32)34-14-20-18-9-5-3-7-16(18)17-8-4-6-10-19(17)20/h3-10,20-21H,11-15H2,1-2H3,(H,26,31)(H,27,32)(H,29,30). The highest BCUT2D eigenvalue weighted by Gasteiger charge is 2.45. The van der Waals surface area contributed by atoms with Crippen molar-refractivity contribution in [2.45, 2.75) is 23.9 Å². The molecule has 0 saturated carbocycles. The summed E-state index contributed by atoms with van der Waals surface area (Å²) in [6.07, 6.45) is -0.529. The first-order chi connectivity index (χ1) is 16.3. The number of ether oxygens (including phenoxy) is 2. The average Bonchev–Trinajstić information content (AvgIpc) is 3.40. The highest BCUT2D eigenvalue weighted by atomic mass is 16.6. The fraction of sp³-hybridized carbons (Fsp3) is 0.400. The van der Waals surface area contributed by atoms with Crippen LogP contribution in [0.2, 0.25) is 0 Å². The first-order valence-electron chi connectivity index (χ1n) is 11.2. The molecule has 0 radical (unpaired) electrons. The number of nitrogens with one attached hydrogen (secondary N) is 2. The number of nitrogens with zero attached hydrogens (tertiary/aromatic N) is 1. The summed E-state index contributed by atoms with van der Waals surface area (Å²) in [5.41, 5.74) is 3.02. The molecule has 1 saturated heterocycles. The number of fused-ring (bicyclic) bond motifs is 3. The molecule has 2 aliphatic rings. The van der Waals surface area contributed by atoms with E-state index in [4.69, 9.17) is 9.47 Å². The van der Waals surface area contributed by atoms with Gasteiger partial charge in [-0.05, 0) is 36.3 Å². The molecule has 1 aliphatic carbocycles. The first-order valence-corrected chi connectivity index (χ1v) is 11.2. The van der Waals surface area contributed by atoms with E-state index < -0.39 is 29.6 Å².